The van der Waals surface area contributed by atoms with Gasteiger partial charge < -0.3 is 10.6 Å². The summed E-state index contributed by atoms with van der Waals surface area (Å²) in [6.45, 7) is 5.40. The first-order valence-corrected chi connectivity index (χ1v) is 9.27. The van der Waals surface area contributed by atoms with Gasteiger partial charge in [0.05, 0.1) is 13.1 Å². The average molecular weight is 390 g/mol. The molecule has 24 heavy (non-hydrogen) atoms. The van der Waals surface area contributed by atoms with Gasteiger partial charge in [-0.2, -0.15) is 5.10 Å². The van der Waals surface area contributed by atoms with Gasteiger partial charge in [0.1, 0.15) is 0 Å². The maximum atomic E-state index is 4.82. The Kier molecular flexibility index (Phi) is 5.56. The second-order valence-electron chi connectivity index (χ2n) is 6.18. The van der Waals surface area contributed by atoms with E-state index >= 15 is 0 Å². The van der Waals surface area contributed by atoms with Crippen LogP contribution < -0.4 is 10.6 Å². The Bertz CT molecular complexity index is 676. The van der Waals surface area contributed by atoms with Gasteiger partial charge in [-0.25, -0.2) is 0 Å². The zero-order chi connectivity index (χ0) is 16.8. The molecule has 6 heteroatoms. The highest BCUT2D eigenvalue weighted by Crippen LogP contribution is 2.48. The Balaban J connectivity index is 1.59. The third-order valence-electron chi connectivity index (χ3n) is 4.37. The number of guanidine groups is 1. The summed E-state index contributed by atoms with van der Waals surface area (Å²) < 4.78 is 3.06. The normalized spacial score (nSPS) is 16.0. The number of halogens is 1. The van der Waals surface area contributed by atoms with Gasteiger partial charge in [-0.05, 0) is 43.5 Å². The quantitative estimate of drug-likeness (QED) is 0.565. The van der Waals surface area contributed by atoms with Crippen molar-refractivity contribution >= 4 is 21.9 Å². The van der Waals surface area contributed by atoms with Gasteiger partial charge in [-0.3, -0.25) is 9.67 Å². The van der Waals surface area contributed by atoms with E-state index in [4.69, 9.17) is 4.99 Å². The predicted octanol–water partition coefficient (Wildman–Crippen LogP) is 2.93. The molecule has 0 atom stereocenters. The van der Waals surface area contributed by atoms with Crippen LogP contribution in [0.5, 0.6) is 0 Å². The van der Waals surface area contributed by atoms with Crippen molar-refractivity contribution in [3.63, 3.8) is 0 Å². The molecule has 1 heterocycles. The number of nitrogens with zero attached hydrogens (tertiary/aromatic N) is 3. The van der Waals surface area contributed by atoms with Crippen molar-refractivity contribution in [2.75, 3.05) is 19.6 Å². The van der Waals surface area contributed by atoms with Crippen LogP contribution in [0.2, 0.25) is 0 Å². The number of rotatable bonds is 7. The van der Waals surface area contributed by atoms with E-state index in [-0.39, 0.29) is 5.41 Å². The lowest BCUT2D eigenvalue weighted by Gasteiger charge is -2.16. The van der Waals surface area contributed by atoms with E-state index in [1.165, 1.54) is 18.4 Å². The number of benzene rings is 1. The fourth-order valence-corrected chi connectivity index (χ4v) is 3.20. The largest absolute Gasteiger partial charge is 0.357 e. The summed E-state index contributed by atoms with van der Waals surface area (Å²) in [5.41, 5.74) is 1.60. The number of hydrogen-bond donors (Lipinski definition) is 2. The minimum Gasteiger partial charge on any atom is -0.357 e. The first kappa shape index (κ1) is 17.0. The summed E-state index contributed by atoms with van der Waals surface area (Å²) in [6, 6.07) is 10.6. The van der Waals surface area contributed by atoms with Crippen LogP contribution in [-0.2, 0) is 12.0 Å². The number of aromatic nitrogens is 2. The van der Waals surface area contributed by atoms with Crippen LogP contribution in [0.15, 0.2) is 52.2 Å². The Morgan fingerprint density at radius 2 is 2.21 bits per heavy atom. The Labute approximate surface area is 151 Å². The number of nitrogens with one attached hydrogen (secondary N) is 2. The van der Waals surface area contributed by atoms with Gasteiger partial charge in [0, 0.05) is 35.4 Å². The lowest BCUT2D eigenvalue weighted by molar-refractivity contribution is 0.596. The summed E-state index contributed by atoms with van der Waals surface area (Å²) in [4.78, 5) is 4.82. The fourth-order valence-electron chi connectivity index (χ4n) is 2.80. The van der Waals surface area contributed by atoms with Crippen LogP contribution in [0.25, 0.3) is 0 Å². The van der Waals surface area contributed by atoms with Crippen molar-refractivity contribution in [2.45, 2.75) is 31.7 Å². The average Bonchev–Trinajstić information content (AvgIpc) is 3.20. The topological polar surface area (TPSA) is 54.2 Å². The highest BCUT2D eigenvalue weighted by atomic mass is 79.9. The molecular formula is C18H24BrN5. The molecule has 3 rings (SSSR count). The zero-order valence-corrected chi connectivity index (χ0v) is 15.6. The Morgan fingerprint density at radius 1 is 1.33 bits per heavy atom. The second kappa shape index (κ2) is 7.83. The molecule has 2 aromatic rings. The molecule has 0 unspecified atom stereocenters. The van der Waals surface area contributed by atoms with E-state index in [0.29, 0.717) is 0 Å². The molecule has 0 saturated heterocycles. The summed E-state index contributed by atoms with van der Waals surface area (Å²) in [7, 11) is 0. The highest BCUT2D eigenvalue weighted by Gasteiger charge is 2.44. The first-order chi connectivity index (χ1) is 11.7. The molecule has 0 spiro atoms. The molecule has 0 amide bonds. The molecule has 5 nitrogen and oxygen atoms in total. The van der Waals surface area contributed by atoms with E-state index in [2.05, 4.69) is 62.9 Å². The molecule has 1 saturated carbocycles. The van der Waals surface area contributed by atoms with Crippen molar-refractivity contribution in [1.82, 2.24) is 20.4 Å². The van der Waals surface area contributed by atoms with Crippen molar-refractivity contribution in [2.24, 2.45) is 4.99 Å². The maximum absolute atomic E-state index is 4.82. The maximum Gasteiger partial charge on any atom is 0.191 e. The monoisotopic (exact) mass is 389 g/mol. The molecule has 0 aliphatic heterocycles. The van der Waals surface area contributed by atoms with Crippen LogP contribution in [0.3, 0.4) is 0 Å². The minimum absolute atomic E-state index is 0.216. The summed E-state index contributed by atoms with van der Waals surface area (Å²) in [5, 5.41) is 10.9. The standard InChI is InChI=1S/C18H24BrN5/c1-2-20-17(21-10-12-24-11-4-9-23-24)22-14-18(7-8-18)15-5-3-6-16(19)13-15/h3-6,9,11,13H,2,7-8,10,12,14H2,1H3,(H2,20,21,22). The van der Waals surface area contributed by atoms with Gasteiger partial charge in [0.25, 0.3) is 0 Å². The van der Waals surface area contributed by atoms with E-state index in [1.807, 2.05) is 16.9 Å². The van der Waals surface area contributed by atoms with Crippen molar-refractivity contribution in [3.05, 3.63) is 52.8 Å². The summed E-state index contributed by atoms with van der Waals surface area (Å²) in [6.07, 6.45) is 6.19. The van der Waals surface area contributed by atoms with Crippen LogP contribution in [0, 0.1) is 0 Å². The summed E-state index contributed by atoms with van der Waals surface area (Å²) >= 11 is 3.57. The lowest BCUT2D eigenvalue weighted by atomic mass is 9.96. The molecule has 1 aliphatic rings. The Hall–Kier alpha value is -1.82. The van der Waals surface area contributed by atoms with Gasteiger partial charge in [-0.15, -0.1) is 0 Å². The number of aliphatic imine (C=N–C) groups is 1. The molecular weight excluding hydrogens is 366 g/mol. The summed E-state index contributed by atoms with van der Waals surface area (Å²) in [5.74, 6) is 0.880. The van der Waals surface area contributed by atoms with Crippen LogP contribution >= 0.6 is 15.9 Å². The molecule has 1 aromatic carbocycles. The first-order valence-electron chi connectivity index (χ1n) is 8.47. The van der Waals surface area contributed by atoms with Gasteiger partial charge >= 0.3 is 0 Å². The van der Waals surface area contributed by atoms with Crippen LogP contribution in [0.4, 0.5) is 0 Å². The molecule has 1 aromatic heterocycles. The van der Waals surface area contributed by atoms with Crippen molar-refractivity contribution in [1.29, 1.82) is 0 Å². The van der Waals surface area contributed by atoms with Crippen molar-refractivity contribution in [3.8, 4) is 0 Å². The van der Waals surface area contributed by atoms with Gasteiger partial charge in [0.15, 0.2) is 5.96 Å². The van der Waals surface area contributed by atoms with Crippen molar-refractivity contribution < 1.29 is 0 Å². The molecule has 0 bridgehead atoms. The molecule has 128 valence electrons. The lowest BCUT2D eigenvalue weighted by Crippen LogP contribution is -2.39. The molecule has 0 radical (unpaired) electrons. The van der Waals surface area contributed by atoms with E-state index in [9.17, 15) is 0 Å². The molecule has 2 N–H and O–H groups in total. The van der Waals surface area contributed by atoms with E-state index in [0.717, 1.165) is 36.6 Å². The SMILES string of the molecule is CCNC(=NCC1(c2cccc(Br)c2)CC1)NCCn1cccn1. The minimum atomic E-state index is 0.216. The smallest absolute Gasteiger partial charge is 0.191 e. The number of hydrogen-bond acceptors (Lipinski definition) is 2. The fraction of sp³-hybridized carbons (Fsp3) is 0.444. The third-order valence-corrected chi connectivity index (χ3v) is 4.86. The highest BCUT2D eigenvalue weighted by molar-refractivity contribution is 9.10. The predicted molar refractivity (Wildman–Crippen MR) is 101 cm³/mol. The Morgan fingerprint density at radius 3 is 2.88 bits per heavy atom. The molecule has 1 aliphatic carbocycles. The van der Waals surface area contributed by atoms with E-state index in [1.54, 1.807) is 6.20 Å². The van der Waals surface area contributed by atoms with Gasteiger partial charge in [0.2, 0.25) is 0 Å². The van der Waals surface area contributed by atoms with Gasteiger partial charge in [-0.1, -0.05) is 28.1 Å². The third kappa shape index (κ3) is 4.38. The van der Waals surface area contributed by atoms with E-state index < -0.39 is 0 Å². The molecule has 1 fully saturated rings. The van der Waals surface area contributed by atoms with Crippen LogP contribution in [-0.4, -0.2) is 35.4 Å². The second-order valence-corrected chi connectivity index (χ2v) is 7.10. The van der Waals surface area contributed by atoms with Crippen LogP contribution in [0.1, 0.15) is 25.3 Å². The zero-order valence-electron chi connectivity index (χ0n) is 14.0.